The van der Waals surface area contributed by atoms with E-state index in [4.69, 9.17) is 9.15 Å². The lowest BCUT2D eigenvalue weighted by Crippen LogP contribution is -2.40. The molecule has 0 unspecified atom stereocenters. The Kier molecular flexibility index (Phi) is 5.91. The zero-order chi connectivity index (χ0) is 19.3. The van der Waals surface area contributed by atoms with Crippen LogP contribution < -0.4 is 10.7 Å². The van der Waals surface area contributed by atoms with E-state index in [1.54, 1.807) is 13.1 Å². The minimum absolute atomic E-state index is 0.124. The molecule has 0 saturated carbocycles. The first kappa shape index (κ1) is 19.1. The van der Waals surface area contributed by atoms with Gasteiger partial charge in [-0.05, 0) is 31.9 Å². The molecule has 0 aromatic carbocycles. The number of ether oxygens (including phenoxy) is 1. The summed E-state index contributed by atoms with van der Waals surface area (Å²) >= 11 is 0. The fourth-order valence-electron chi connectivity index (χ4n) is 3.46. The van der Waals surface area contributed by atoms with Gasteiger partial charge in [0.15, 0.2) is 5.76 Å². The van der Waals surface area contributed by atoms with Gasteiger partial charge in [0, 0.05) is 56.0 Å². The van der Waals surface area contributed by atoms with E-state index in [2.05, 4.69) is 10.3 Å². The first-order valence-electron chi connectivity index (χ1n) is 9.09. The van der Waals surface area contributed by atoms with Crippen LogP contribution in [0.4, 0.5) is 0 Å². The van der Waals surface area contributed by atoms with Gasteiger partial charge in [0.05, 0.1) is 0 Å². The Morgan fingerprint density at radius 2 is 2.11 bits per heavy atom. The zero-order valence-corrected chi connectivity index (χ0v) is 15.4. The fourth-order valence-corrected chi connectivity index (χ4v) is 3.46. The van der Waals surface area contributed by atoms with E-state index in [1.807, 2.05) is 18.2 Å². The van der Waals surface area contributed by atoms with Crippen molar-refractivity contribution < 1.29 is 19.1 Å². The summed E-state index contributed by atoms with van der Waals surface area (Å²) in [4.78, 5) is 28.8. The van der Waals surface area contributed by atoms with E-state index in [9.17, 15) is 14.7 Å². The molecule has 1 saturated heterocycles. The lowest BCUT2D eigenvalue weighted by molar-refractivity contribution is -0.123. The summed E-state index contributed by atoms with van der Waals surface area (Å²) in [6, 6.07) is 6.91. The van der Waals surface area contributed by atoms with E-state index in [1.165, 1.54) is 6.07 Å². The molecule has 2 aromatic heterocycles. The minimum atomic E-state index is -0.747. The Morgan fingerprint density at radius 3 is 2.81 bits per heavy atom. The van der Waals surface area contributed by atoms with E-state index >= 15 is 0 Å². The minimum Gasteiger partial charge on any atom is -0.502 e. The van der Waals surface area contributed by atoms with Crippen molar-refractivity contribution in [3.05, 3.63) is 57.9 Å². The third-order valence-corrected chi connectivity index (χ3v) is 4.91. The van der Waals surface area contributed by atoms with Crippen molar-refractivity contribution in [2.75, 3.05) is 19.8 Å². The molecule has 3 rings (SSSR count). The van der Waals surface area contributed by atoms with Crippen LogP contribution >= 0.6 is 0 Å². The second kappa shape index (κ2) is 8.35. The van der Waals surface area contributed by atoms with Gasteiger partial charge < -0.3 is 19.6 Å². The molecule has 1 aliphatic heterocycles. The van der Waals surface area contributed by atoms with Gasteiger partial charge in [-0.1, -0.05) is 6.07 Å². The summed E-state index contributed by atoms with van der Waals surface area (Å²) in [6.45, 7) is 3.01. The standard InChI is InChI=1S/C20H24N2O5/c1-14-12-16(23)18(25)19(27-14)20(6-10-26-11-7-20)13-17(24)22-9-5-15-4-2-3-8-21-15/h2-4,8,12,25H,5-7,9-11,13H2,1H3,(H,22,24). The second-order valence-corrected chi connectivity index (χ2v) is 6.89. The predicted molar refractivity (Wildman–Crippen MR) is 98.7 cm³/mol. The quantitative estimate of drug-likeness (QED) is 0.802. The third kappa shape index (κ3) is 4.54. The summed E-state index contributed by atoms with van der Waals surface area (Å²) < 4.78 is 11.1. The van der Waals surface area contributed by atoms with Gasteiger partial charge in [0.1, 0.15) is 5.76 Å². The van der Waals surface area contributed by atoms with E-state index in [-0.39, 0.29) is 18.1 Å². The van der Waals surface area contributed by atoms with Crippen molar-refractivity contribution in [3.8, 4) is 5.75 Å². The van der Waals surface area contributed by atoms with Crippen LogP contribution in [0.2, 0.25) is 0 Å². The van der Waals surface area contributed by atoms with Crippen molar-refractivity contribution in [3.63, 3.8) is 0 Å². The van der Waals surface area contributed by atoms with Crippen molar-refractivity contribution in [2.45, 2.75) is 38.0 Å². The van der Waals surface area contributed by atoms with Gasteiger partial charge in [-0.3, -0.25) is 14.6 Å². The number of aryl methyl sites for hydroxylation is 1. The summed E-state index contributed by atoms with van der Waals surface area (Å²) in [5, 5.41) is 13.2. The SMILES string of the molecule is Cc1cc(=O)c(O)c(C2(CC(=O)NCCc3ccccn3)CCOCC2)o1. The van der Waals surface area contributed by atoms with Crippen molar-refractivity contribution in [2.24, 2.45) is 0 Å². The Balaban J connectivity index is 1.73. The molecule has 0 spiro atoms. The van der Waals surface area contributed by atoms with Crippen LogP contribution in [0, 0.1) is 6.92 Å². The average Bonchev–Trinajstić information content (AvgIpc) is 2.66. The molecule has 0 aliphatic carbocycles. The number of carbonyl (C=O) groups is 1. The van der Waals surface area contributed by atoms with Gasteiger partial charge in [-0.15, -0.1) is 0 Å². The molecule has 0 atom stereocenters. The van der Waals surface area contributed by atoms with E-state index in [0.717, 1.165) is 5.69 Å². The number of rotatable bonds is 6. The second-order valence-electron chi connectivity index (χ2n) is 6.89. The largest absolute Gasteiger partial charge is 0.502 e. The first-order chi connectivity index (χ1) is 13.0. The molecule has 7 heteroatoms. The molecule has 3 heterocycles. The highest BCUT2D eigenvalue weighted by Crippen LogP contribution is 2.41. The first-order valence-corrected chi connectivity index (χ1v) is 9.09. The van der Waals surface area contributed by atoms with Gasteiger partial charge in [-0.2, -0.15) is 0 Å². The van der Waals surface area contributed by atoms with E-state index < -0.39 is 16.6 Å². The molecule has 1 amide bonds. The van der Waals surface area contributed by atoms with Crippen LogP contribution in [0.3, 0.4) is 0 Å². The summed E-state index contributed by atoms with van der Waals surface area (Å²) in [6.07, 6.45) is 3.48. The number of amides is 1. The molecular weight excluding hydrogens is 348 g/mol. The Hall–Kier alpha value is -2.67. The molecule has 1 fully saturated rings. The number of nitrogens with zero attached hydrogens (tertiary/aromatic N) is 1. The number of aromatic nitrogens is 1. The normalized spacial score (nSPS) is 16.0. The van der Waals surface area contributed by atoms with Crippen LogP contribution in [-0.2, 0) is 21.4 Å². The Bertz CT molecular complexity index is 841. The van der Waals surface area contributed by atoms with E-state index in [0.29, 0.717) is 44.8 Å². The zero-order valence-electron chi connectivity index (χ0n) is 15.4. The lowest BCUT2D eigenvalue weighted by atomic mass is 9.74. The molecule has 0 bridgehead atoms. The maximum Gasteiger partial charge on any atom is 0.227 e. The molecule has 7 nitrogen and oxygen atoms in total. The van der Waals surface area contributed by atoms with Crippen LogP contribution in [0.1, 0.15) is 36.5 Å². The number of pyridine rings is 1. The molecule has 2 N–H and O–H groups in total. The summed E-state index contributed by atoms with van der Waals surface area (Å²) in [5.41, 5.74) is -0.334. The van der Waals surface area contributed by atoms with Crippen molar-refractivity contribution >= 4 is 5.91 Å². The van der Waals surface area contributed by atoms with Gasteiger partial charge in [-0.25, -0.2) is 0 Å². The number of aromatic hydroxyl groups is 1. The monoisotopic (exact) mass is 372 g/mol. The van der Waals surface area contributed by atoms with Gasteiger partial charge in [0.25, 0.3) is 0 Å². The van der Waals surface area contributed by atoms with Crippen LogP contribution in [0.25, 0.3) is 0 Å². The fraction of sp³-hybridized carbons (Fsp3) is 0.450. The number of carbonyl (C=O) groups excluding carboxylic acids is 1. The Labute approximate surface area is 157 Å². The average molecular weight is 372 g/mol. The smallest absolute Gasteiger partial charge is 0.227 e. The molecule has 0 radical (unpaired) electrons. The van der Waals surface area contributed by atoms with Crippen LogP contribution in [0.15, 0.2) is 39.7 Å². The molecule has 27 heavy (non-hydrogen) atoms. The maximum atomic E-state index is 12.6. The number of hydrogen-bond acceptors (Lipinski definition) is 6. The maximum absolute atomic E-state index is 12.6. The lowest BCUT2D eigenvalue weighted by Gasteiger charge is -2.35. The highest BCUT2D eigenvalue weighted by molar-refractivity contribution is 5.77. The number of hydrogen-bond donors (Lipinski definition) is 2. The highest BCUT2D eigenvalue weighted by atomic mass is 16.5. The summed E-state index contributed by atoms with van der Waals surface area (Å²) in [5.74, 6) is 0.0325. The molecule has 144 valence electrons. The van der Waals surface area contributed by atoms with Crippen molar-refractivity contribution in [1.82, 2.24) is 10.3 Å². The Morgan fingerprint density at radius 1 is 1.33 bits per heavy atom. The molecule has 1 aliphatic rings. The van der Waals surface area contributed by atoms with Gasteiger partial charge in [0.2, 0.25) is 17.1 Å². The third-order valence-electron chi connectivity index (χ3n) is 4.91. The van der Waals surface area contributed by atoms with Crippen LogP contribution in [0.5, 0.6) is 5.75 Å². The predicted octanol–water partition coefficient (Wildman–Crippen LogP) is 1.85. The van der Waals surface area contributed by atoms with Gasteiger partial charge >= 0.3 is 0 Å². The molecule has 2 aromatic rings. The summed E-state index contributed by atoms with van der Waals surface area (Å²) in [7, 11) is 0. The van der Waals surface area contributed by atoms with Crippen LogP contribution in [-0.4, -0.2) is 35.8 Å². The highest BCUT2D eigenvalue weighted by Gasteiger charge is 2.41. The van der Waals surface area contributed by atoms with Crippen molar-refractivity contribution in [1.29, 1.82) is 0 Å². The molecular formula is C20H24N2O5. The number of nitrogens with one attached hydrogen (secondary N) is 1. The topological polar surface area (TPSA) is 102 Å².